The molecule has 2 atom stereocenters. The molecule has 3 heterocycles. The Morgan fingerprint density at radius 1 is 1.07 bits per heavy atom. The third kappa shape index (κ3) is 3.36. The van der Waals surface area contributed by atoms with E-state index in [-0.39, 0.29) is 30.3 Å². The second kappa shape index (κ2) is 7.77. The Labute approximate surface area is 178 Å². The number of nitrogens with two attached hydrogens (primary N) is 1. The van der Waals surface area contributed by atoms with Gasteiger partial charge in [0.05, 0.1) is 23.5 Å². The number of anilines is 1. The van der Waals surface area contributed by atoms with Gasteiger partial charge in [0, 0.05) is 13.1 Å². The Balaban J connectivity index is 1.42. The number of nitrogens with zero attached hydrogens (tertiary/aromatic N) is 2. The van der Waals surface area contributed by atoms with Crippen LogP contribution in [0.4, 0.5) is 5.69 Å². The molecule has 30 heavy (non-hydrogen) atoms. The fraction of sp³-hybridized carbons (Fsp3) is 0.318. The number of hydrogen-bond acceptors (Lipinski definition) is 4. The maximum atomic E-state index is 13.4. The summed E-state index contributed by atoms with van der Waals surface area (Å²) in [5.74, 6) is 1.34. The summed E-state index contributed by atoms with van der Waals surface area (Å²) in [6.45, 7) is 1.06. The molecule has 2 fully saturated rings. The van der Waals surface area contributed by atoms with Gasteiger partial charge in [-0.1, -0.05) is 48.2 Å². The molecule has 2 aromatic rings. The molecule has 0 bridgehead atoms. The summed E-state index contributed by atoms with van der Waals surface area (Å²) < 4.78 is 0. The molecule has 7 nitrogen and oxygen atoms in total. The highest BCUT2D eigenvalue weighted by atomic mass is 32.2. The van der Waals surface area contributed by atoms with Gasteiger partial charge in [0.2, 0.25) is 5.91 Å². The molecule has 0 unspecified atom stereocenters. The molecule has 3 aliphatic heterocycles. The third-order valence-electron chi connectivity index (χ3n) is 5.98. The molecule has 2 saturated heterocycles. The SMILES string of the molecule is O=C1Nc2ccc(-c3ccccc3)cc2C(=O)N2CCN(C(=O)[C@@H]3CSC[NH2+]3)C[C@H]12. The van der Waals surface area contributed by atoms with Gasteiger partial charge in [0.15, 0.2) is 6.04 Å². The number of hydrogen-bond donors (Lipinski definition) is 2. The van der Waals surface area contributed by atoms with Crippen molar-refractivity contribution in [3.05, 3.63) is 54.1 Å². The first kappa shape index (κ1) is 19.1. The number of rotatable bonds is 2. The zero-order chi connectivity index (χ0) is 20.7. The number of amides is 3. The van der Waals surface area contributed by atoms with Gasteiger partial charge in [-0.05, 0) is 23.3 Å². The average molecular weight is 424 g/mol. The van der Waals surface area contributed by atoms with Crippen molar-refractivity contribution in [2.45, 2.75) is 12.1 Å². The van der Waals surface area contributed by atoms with Gasteiger partial charge >= 0.3 is 0 Å². The molecule has 0 aromatic heterocycles. The van der Waals surface area contributed by atoms with E-state index in [1.807, 2.05) is 47.8 Å². The molecule has 3 amide bonds. The number of benzene rings is 2. The first-order chi connectivity index (χ1) is 14.6. The van der Waals surface area contributed by atoms with Crippen molar-refractivity contribution >= 4 is 35.2 Å². The molecule has 0 spiro atoms. The van der Waals surface area contributed by atoms with Crippen LogP contribution in [-0.2, 0) is 9.59 Å². The number of quaternary nitrogens is 1. The second-order valence-corrected chi connectivity index (χ2v) is 8.87. The van der Waals surface area contributed by atoms with Crippen molar-refractivity contribution in [1.82, 2.24) is 9.80 Å². The van der Waals surface area contributed by atoms with Crippen LogP contribution in [0.5, 0.6) is 0 Å². The van der Waals surface area contributed by atoms with Gasteiger partial charge in [0.1, 0.15) is 11.9 Å². The van der Waals surface area contributed by atoms with Crippen LogP contribution in [0.1, 0.15) is 10.4 Å². The summed E-state index contributed by atoms with van der Waals surface area (Å²) >= 11 is 1.75. The summed E-state index contributed by atoms with van der Waals surface area (Å²) in [6.07, 6.45) is 0. The lowest BCUT2D eigenvalue weighted by Crippen LogP contribution is -2.90. The van der Waals surface area contributed by atoms with Crippen molar-refractivity contribution in [1.29, 1.82) is 0 Å². The molecule has 0 radical (unpaired) electrons. The van der Waals surface area contributed by atoms with Gasteiger partial charge in [-0.25, -0.2) is 0 Å². The first-order valence-electron chi connectivity index (χ1n) is 10.1. The summed E-state index contributed by atoms with van der Waals surface area (Å²) in [6, 6.07) is 14.6. The molecule has 2 aromatic carbocycles. The van der Waals surface area contributed by atoms with Gasteiger partial charge in [-0.15, -0.1) is 0 Å². The molecule has 3 aliphatic rings. The number of carbonyl (C=O) groups is 3. The van der Waals surface area contributed by atoms with E-state index < -0.39 is 6.04 Å². The molecular formula is C22H23N4O3S+. The van der Waals surface area contributed by atoms with Crippen molar-refractivity contribution in [3.63, 3.8) is 0 Å². The Hall–Kier alpha value is -2.84. The van der Waals surface area contributed by atoms with E-state index in [2.05, 4.69) is 5.32 Å². The lowest BCUT2D eigenvalue weighted by molar-refractivity contribution is -0.649. The number of thioether (sulfide) groups is 1. The van der Waals surface area contributed by atoms with Crippen molar-refractivity contribution in [3.8, 4) is 11.1 Å². The highest BCUT2D eigenvalue weighted by Gasteiger charge is 2.42. The predicted molar refractivity (Wildman–Crippen MR) is 115 cm³/mol. The van der Waals surface area contributed by atoms with E-state index in [9.17, 15) is 14.4 Å². The molecule has 154 valence electrons. The molecule has 8 heteroatoms. The van der Waals surface area contributed by atoms with E-state index in [1.165, 1.54) is 0 Å². The molecule has 0 aliphatic carbocycles. The number of piperazine rings is 1. The Morgan fingerprint density at radius 3 is 2.67 bits per heavy atom. The largest absolute Gasteiger partial charge is 0.333 e. The average Bonchev–Trinajstić information content (AvgIpc) is 3.30. The molecule has 0 saturated carbocycles. The first-order valence-corrected chi connectivity index (χ1v) is 11.3. The smallest absolute Gasteiger partial charge is 0.281 e. The van der Waals surface area contributed by atoms with Crippen molar-refractivity contribution in [2.24, 2.45) is 0 Å². The third-order valence-corrected chi connectivity index (χ3v) is 7.01. The normalized spacial score (nSPS) is 23.5. The van der Waals surface area contributed by atoms with E-state index in [0.717, 1.165) is 22.8 Å². The highest BCUT2D eigenvalue weighted by molar-refractivity contribution is 7.99. The number of nitrogens with one attached hydrogen (secondary N) is 1. The van der Waals surface area contributed by atoms with Crippen molar-refractivity contribution in [2.75, 3.05) is 36.6 Å². The van der Waals surface area contributed by atoms with Gasteiger partial charge in [-0.3, -0.25) is 14.4 Å². The summed E-state index contributed by atoms with van der Waals surface area (Å²) in [7, 11) is 0. The zero-order valence-electron chi connectivity index (χ0n) is 16.4. The lowest BCUT2D eigenvalue weighted by atomic mass is 10.0. The predicted octanol–water partition coefficient (Wildman–Crippen LogP) is 0.595. The zero-order valence-corrected chi connectivity index (χ0v) is 17.2. The van der Waals surface area contributed by atoms with Crippen LogP contribution in [-0.4, -0.2) is 70.9 Å². The maximum absolute atomic E-state index is 13.4. The van der Waals surface area contributed by atoms with E-state index in [1.54, 1.807) is 27.6 Å². The number of carbonyl (C=O) groups excluding carboxylic acids is 3. The van der Waals surface area contributed by atoms with Crippen LogP contribution in [0.25, 0.3) is 11.1 Å². The van der Waals surface area contributed by atoms with Crippen LogP contribution < -0.4 is 10.6 Å². The Bertz CT molecular complexity index is 1010. The van der Waals surface area contributed by atoms with Crippen LogP contribution >= 0.6 is 11.8 Å². The van der Waals surface area contributed by atoms with Gasteiger partial charge in [-0.2, -0.15) is 0 Å². The van der Waals surface area contributed by atoms with Crippen LogP contribution in [0.2, 0.25) is 0 Å². The fourth-order valence-electron chi connectivity index (χ4n) is 4.32. The van der Waals surface area contributed by atoms with E-state index >= 15 is 0 Å². The topological polar surface area (TPSA) is 86.3 Å². The van der Waals surface area contributed by atoms with E-state index in [4.69, 9.17) is 0 Å². The van der Waals surface area contributed by atoms with E-state index in [0.29, 0.717) is 24.3 Å². The molecule has 5 rings (SSSR count). The minimum absolute atomic E-state index is 0.0630. The molecular weight excluding hydrogens is 400 g/mol. The quantitative estimate of drug-likeness (QED) is 0.741. The minimum Gasteiger partial charge on any atom is -0.333 e. The number of fused-ring (bicyclic) bond motifs is 2. The molecule has 3 N–H and O–H groups in total. The lowest BCUT2D eigenvalue weighted by Gasteiger charge is -2.39. The van der Waals surface area contributed by atoms with Gasteiger partial charge in [0.25, 0.3) is 11.8 Å². The second-order valence-electron chi connectivity index (χ2n) is 7.79. The Kier molecular flexibility index (Phi) is 4.96. The summed E-state index contributed by atoms with van der Waals surface area (Å²) in [4.78, 5) is 42.5. The highest BCUT2D eigenvalue weighted by Crippen LogP contribution is 2.30. The maximum Gasteiger partial charge on any atom is 0.281 e. The van der Waals surface area contributed by atoms with Crippen LogP contribution in [0, 0.1) is 0 Å². The van der Waals surface area contributed by atoms with Crippen LogP contribution in [0.3, 0.4) is 0 Å². The van der Waals surface area contributed by atoms with Crippen molar-refractivity contribution < 1.29 is 19.7 Å². The minimum atomic E-state index is -0.670. The monoisotopic (exact) mass is 423 g/mol. The summed E-state index contributed by atoms with van der Waals surface area (Å²) in [5, 5.41) is 4.95. The Morgan fingerprint density at radius 2 is 1.90 bits per heavy atom. The van der Waals surface area contributed by atoms with Crippen LogP contribution in [0.15, 0.2) is 48.5 Å². The standard InChI is InChI=1S/C22H22N4O3S/c27-20-19-11-25(22(29)18-12-30-13-23-18)8-9-26(19)21(28)16-10-15(6-7-17(16)24-20)14-4-2-1-3-5-14/h1-7,10,18-19,23H,8-9,11-13H2,(H,24,27)/p+1/t18-,19+/m0/s1. The fourth-order valence-corrected chi connectivity index (χ4v) is 5.35. The van der Waals surface area contributed by atoms with Gasteiger partial charge < -0.3 is 20.4 Å². The summed E-state index contributed by atoms with van der Waals surface area (Å²) in [5.41, 5.74) is 2.96.